The van der Waals surface area contributed by atoms with Crippen molar-refractivity contribution in [3.63, 3.8) is 0 Å². The average Bonchev–Trinajstić information content (AvgIpc) is 2.89. The molecule has 1 saturated carbocycles. The molecule has 0 amide bonds. The van der Waals surface area contributed by atoms with Gasteiger partial charge in [-0.1, -0.05) is 18.0 Å². The molecule has 18 heavy (non-hydrogen) atoms. The summed E-state index contributed by atoms with van der Waals surface area (Å²) < 4.78 is 5.18. The normalized spacial score (nSPS) is 17.7. The standard InChI is InChI=1S/C13H21N3OS/c1-8(12-9(2)16-17-10(12)3)14-13(18)15-11-6-4-5-7-11/h8,11H,4-7H2,1-3H3,(H2,14,15,18). The van der Waals surface area contributed by atoms with Crippen molar-refractivity contribution in [2.24, 2.45) is 0 Å². The summed E-state index contributed by atoms with van der Waals surface area (Å²) in [7, 11) is 0. The summed E-state index contributed by atoms with van der Waals surface area (Å²) in [5, 5.41) is 11.4. The second-order valence-electron chi connectivity index (χ2n) is 5.06. The first kappa shape index (κ1) is 13.3. The molecule has 0 radical (unpaired) electrons. The smallest absolute Gasteiger partial charge is 0.166 e. The predicted molar refractivity (Wildman–Crippen MR) is 75.5 cm³/mol. The molecule has 1 aliphatic carbocycles. The third-order valence-electron chi connectivity index (χ3n) is 3.56. The molecule has 5 heteroatoms. The number of aromatic nitrogens is 1. The highest BCUT2D eigenvalue weighted by Gasteiger charge is 2.19. The van der Waals surface area contributed by atoms with Crippen molar-refractivity contribution >= 4 is 17.3 Å². The van der Waals surface area contributed by atoms with Crippen molar-refractivity contribution in [1.29, 1.82) is 0 Å². The maximum absolute atomic E-state index is 5.35. The zero-order valence-electron chi connectivity index (χ0n) is 11.2. The summed E-state index contributed by atoms with van der Waals surface area (Å²) >= 11 is 5.35. The van der Waals surface area contributed by atoms with Crippen LogP contribution in [0.2, 0.25) is 0 Å². The number of rotatable bonds is 3. The quantitative estimate of drug-likeness (QED) is 0.825. The van der Waals surface area contributed by atoms with Gasteiger partial charge in [0.2, 0.25) is 0 Å². The first-order valence-electron chi connectivity index (χ1n) is 6.57. The van der Waals surface area contributed by atoms with Gasteiger partial charge >= 0.3 is 0 Å². The van der Waals surface area contributed by atoms with Gasteiger partial charge in [0.05, 0.1) is 11.7 Å². The molecule has 1 fully saturated rings. The van der Waals surface area contributed by atoms with E-state index in [0.717, 1.165) is 22.1 Å². The molecule has 1 heterocycles. The van der Waals surface area contributed by atoms with Crippen LogP contribution in [0.4, 0.5) is 0 Å². The molecule has 1 aromatic rings. The van der Waals surface area contributed by atoms with E-state index in [1.165, 1.54) is 25.7 Å². The zero-order chi connectivity index (χ0) is 13.1. The molecule has 0 bridgehead atoms. The van der Waals surface area contributed by atoms with Crippen molar-refractivity contribution in [3.8, 4) is 0 Å². The summed E-state index contributed by atoms with van der Waals surface area (Å²) in [6, 6.07) is 0.666. The van der Waals surface area contributed by atoms with E-state index in [9.17, 15) is 0 Å². The fourth-order valence-electron chi connectivity index (χ4n) is 2.67. The van der Waals surface area contributed by atoms with Crippen LogP contribution >= 0.6 is 12.2 Å². The van der Waals surface area contributed by atoms with Crippen molar-refractivity contribution in [2.45, 2.75) is 58.5 Å². The molecule has 2 N–H and O–H groups in total. The number of thiocarbonyl (C=S) groups is 1. The molecule has 4 nitrogen and oxygen atoms in total. The second-order valence-corrected chi connectivity index (χ2v) is 5.47. The summed E-state index contributed by atoms with van der Waals surface area (Å²) in [5.41, 5.74) is 2.03. The van der Waals surface area contributed by atoms with Crippen LogP contribution < -0.4 is 10.6 Å². The van der Waals surface area contributed by atoms with Gasteiger partial charge in [0.1, 0.15) is 5.76 Å². The minimum absolute atomic E-state index is 0.123. The van der Waals surface area contributed by atoms with Crippen molar-refractivity contribution < 1.29 is 4.52 Å². The second kappa shape index (κ2) is 5.69. The van der Waals surface area contributed by atoms with Gasteiger partial charge in [-0.05, 0) is 45.8 Å². The Hall–Kier alpha value is -1.10. The highest BCUT2D eigenvalue weighted by atomic mass is 32.1. The Labute approximate surface area is 113 Å². The van der Waals surface area contributed by atoms with Gasteiger partial charge in [-0.15, -0.1) is 0 Å². The van der Waals surface area contributed by atoms with Gasteiger partial charge in [-0.25, -0.2) is 0 Å². The summed E-state index contributed by atoms with van der Waals surface area (Å²) in [4.78, 5) is 0. The minimum Gasteiger partial charge on any atom is -0.361 e. The first-order chi connectivity index (χ1) is 8.58. The van der Waals surface area contributed by atoms with Gasteiger partial charge in [-0.3, -0.25) is 0 Å². The molecule has 0 spiro atoms. The SMILES string of the molecule is Cc1noc(C)c1C(C)NC(=S)NC1CCCC1. The minimum atomic E-state index is 0.123. The van der Waals surface area contributed by atoms with Gasteiger partial charge in [-0.2, -0.15) is 0 Å². The number of nitrogens with one attached hydrogen (secondary N) is 2. The van der Waals surface area contributed by atoms with Crippen LogP contribution in [0, 0.1) is 13.8 Å². The number of nitrogens with zero attached hydrogens (tertiary/aromatic N) is 1. The Bertz CT molecular complexity index is 404. The van der Waals surface area contributed by atoms with Crippen LogP contribution in [-0.2, 0) is 0 Å². The highest BCUT2D eigenvalue weighted by molar-refractivity contribution is 7.80. The molecule has 100 valence electrons. The number of hydrogen-bond donors (Lipinski definition) is 2. The molecule has 0 aromatic carbocycles. The van der Waals surface area contributed by atoms with Crippen LogP contribution in [0.1, 0.15) is 55.7 Å². The van der Waals surface area contributed by atoms with E-state index in [1.54, 1.807) is 0 Å². The predicted octanol–water partition coefficient (Wildman–Crippen LogP) is 2.76. The zero-order valence-corrected chi connectivity index (χ0v) is 12.1. The van der Waals surface area contributed by atoms with Crippen LogP contribution in [0.3, 0.4) is 0 Å². The fourth-order valence-corrected chi connectivity index (χ4v) is 3.02. The third-order valence-corrected chi connectivity index (χ3v) is 3.80. The third kappa shape index (κ3) is 3.02. The first-order valence-corrected chi connectivity index (χ1v) is 6.98. The van der Waals surface area contributed by atoms with Crippen LogP contribution in [0.25, 0.3) is 0 Å². The Morgan fingerprint density at radius 2 is 2.06 bits per heavy atom. The Morgan fingerprint density at radius 1 is 1.39 bits per heavy atom. The number of hydrogen-bond acceptors (Lipinski definition) is 3. The van der Waals surface area contributed by atoms with E-state index in [2.05, 4.69) is 22.7 Å². The Kier molecular flexibility index (Phi) is 4.22. The molecular formula is C13H21N3OS. The van der Waals surface area contributed by atoms with Crippen LogP contribution in [-0.4, -0.2) is 16.3 Å². The van der Waals surface area contributed by atoms with Crippen LogP contribution in [0.5, 0.6) is 0 Å². The molecule has 1 aliphatic rings. The Morgan fingerprint density at radius 3 is 2.61 bits per heavy atom. The summed E-state index contributed by atoms with van der Waals surface area (Å²) in [5.74, 6) is 0.858. The molecule has 0 saturated heterocycles. The van der Waals surface area contributed by atoms with E-state index in [1.807, 2.05) is 13.8 Å². The molecule has 1 unspecified atom stereocenters. The van der Waals surface area contributed by atoms with E-state index >= 15 is 0 Å². The monoisotopic (exact) mass is 267 g/mol. The number of aryl methyl sites for hydroxylation is 2. The molecule has 2 rings (SSSR count). The van der Waals surface area contributed by atoms with Crippen LogP contribution in [0.15, 0.2) is 4.52 Å². The molecular weight excluding hydrogens is 246 g/mol. The van der Waals surface area contributed by atoms with E-state index in [4.69, 9.17) is 16.7 Å². The lowest BCUT2D eigenvalue weighted by Gasteiger charge is -2.20. The van der Waals surface area contributed by atoms with E-state index < -0.39 is 0 Å². The van der Waals surface area contributed by atoms with Gasteiger partial charge in [0.25, 0.3) is 0 Å². The highest BCUT2D eigenvalue weighted by Crippen LogP contribution is 2.21. The maximum Gasteiger partial charge on any atom is 0.166 e. The van der Waals surface area contributed by atoms with Gasteiger partial charge in [0.15, 0.2) is 5.11 Å². The molecule has 1 aromatic heterocycles. The lowest BCUT2D eigenvalue weighted by atomic mass is 10.1. The van der Waals surface area contributed by atoms with Gasteiger partial charge in [0, 0.05) is 11.6 Å². The maximum atomic E-state index is 5.35. The Balaban J connectivity index is 1.90. The van der Waals surface area contributed by atoms with E-state index in [0.29, 0.717) is 6.04 Å². The van der Waals surface area contributed by atoms with Crippen molar-refractivity contribution in [1.82, 2.24) is 15.8 Å². The summed E-state index contributed by atoms with van der Waals surface area (Å²) in [6.45, 7) is 5.97. The fraction of sp³-hybridized carbons (Fsp3) is 0.692. The van der Waals surface area contributed by atoms with Crippen molar-refractivity contribution in [2.75, 3.05) is 0 Å². The average molecular weight is 267 g/mol. The molecule has 0 aliphatic heterocycles. The topological polar surface area (TPSA) is 50.1 Å². The van der Waals surface area contributed by atoms with E-state index in [-0.39, 0.29) is 6.04 Å². The van der Waals surface area contributed by atoms with Crippen molar-refractivity contribution in [3.05, 3.63) is 17.0 Å². The largest absolute Gasteiger partial charge is 0.361 e. The lowest BCUT2D eigenvalue weighted by Crippen LogP contribution is -2.41. The molecule has 1 atom stereocenters. The van der Waals surface area contributed by atoms with Gasteiger partial charge < -0.3 is 15.2 Å². The summed E-state index contributed by atoms with van der Waals surface area (Å²) in [6.07, 6.45) is 5.06. The lowest BCUT2D eigenvalue weighted by molar-refractivity contribution is 0.391.